The third-order valence-corrected chi connectivity index (χ3v) is 5.11. The number of benzene rings is 3. The second-order valence-corrected chi connectivity index (χ2v) is 7.96. The van der Waals surface area contributed by atoms with Gasteiger partial charge in [0.1, 0.15) is 18.2 Å². The number of non-ortho nitro benzene ring substituents is 1. The molecule has 0 atom stereocenters. The highest BCUT2D eigenvalue weighted by Gasteiger charge is 2.16. The maximum absolute atomic E-state index is 12.6. The molecule has 0 unspecified atom stereocenters. The van der Waals surface area contributed by atoms with Gasteiger partial charge in [0.15, 0.2) is 11.5 Å². The van der Waals surface area contributed by atoms with E-state index in [1.54, 1.807) is 25.1 Å². The van der Waals surface area contributed by atoms with Gasteiger partial charge in [0.25, 0.3) is 11.6 Å². The summed E-state index contributed by atoms with van der Waals surface area (Å²) in [6.07, 6.45) is 1.34. The minimum absolute atomic E-state index is 0.183. The molecule has 0 bridgehead atoms. The molecule has 3 aromatic rings. The Kier molecular flexibility index (Phi) is 8.68. The van der Waals surface area contributed by atoms with Crippen LogP contribution in [-0.2, 0) is 11.4 Å². The Labute approximate surface area is 211 Å². The fraction of sp³-hybridized carbons (Fsp3) is 0.120. The standard InChI is InChI=1S/C25H19Cl2N3O5/c1-2-34-23-12-17(11-22(27)24(23)35-15-16-5-3-6-19(26)10-16)9-18(14-28)25(31)29-20-7-4-8-21(13-20)30(32)33/h3-13H,2,15H2,1H3,(H,29,31)/b18-9+. The molecule has 0 radical (unpaired) electrons. The smallest absolute Gasteiger partial charge is 0.271 e. The van der Waals surface area contributed by atoms with Crippen molar-refractivity contribution in [2.24, 2.45) is 0 Å². The number of halogens is 2. The van der Waals surface area contributed by atoms with Gasteiger partial charge >= 0.3 is 0 Å². The Balaban J connectivity index is 1.85. The molecule has 0 aliphatic heterocycles. The summed E-state index contributed by atoms with van der Waals surface area (Å²) in [5.74, 6) is -0.0850. The lowest BCUT2D eigenvalue weighted by atomic mass is 10.1. The molecule has 8 nitrogen and oxygen atoms in total. The highest BCUT2D eigenvalue weighted by molar-refractivity contribution is 6.32. The molecule has 178 valence electrons. The van der Waals surface area contributed by atoms with E-state index in [0.29, 0.717) is 28.7 Å². The number of hydrogen-bond acceptors (Lipinski definition) is 6. The number of amides is 1. The molecule has 0 saturated carbocycles. The van der Waals surface area contributed by atoms with Gasteiger partial charge in [-0.25, -0.2) is 0 Å². The van der Waals surface area contributed by atoms with Crippen LogP contribution in [0.25, 0.3) is 6.08 Å². The van der Waals surface area contributed by atoms with Crippen molar-refractivity contribution in [3.05, 3.63) is 97.5 Å². The van der Waals surface area contributed by atoms with Crippen LogP contribution in [0.1, 0.15) is 18.1 Å². The minimum Gasteiger partial charge on any atom is -0.490 e. The molecule has 0 aromatic heterocycles. The van der Waals surface area contributed by atoms with Crippen molar-refractivity contribution in [1.82, 2.24) is 0 Å². The Morgan fingerprint density at radius 3 is 2.60 bits per heavy atom. The van der Waals surface area contributed by atoms with E-state index in [4.69, 9.17) is 32.7 Å². The predicted octanol–water partition coefficient (Wildman–Crippen LogP) is 6.42. The molecule has 0 aliphatic rings. The lowest BCUT2D eigenvalue weighted by Crippen LogP contribution is -2.13. The van der Waals surface area contributed by atoms with Crippen molar-refractivity contribution in [3.63, 3.8) is 0 Å². The summed E-state index contributed by atoms with van der Waals surface area (Å²) < 4.78 is 11.5. The third-order valence-electron chi connectivity index (χ3n) is 4.59. The van der Waals surface area contributed by atoms with Gasteiger partial charge in [0.05, 0.1) is 16.6 Å². The summed E-state index contributed by atoms with van der Waals surface area (Å²) in [4.78, 5) is 23.0. The fourth-order valence-electron chi connectivity index (χ4n) is 3.07. The third kappa shape index (κ3) is 6.96. The second kappa shape index (κ2) is 11.9. The van der Waals surface area contributed by atoms with Gasteiger partial charge in [-0.15, -0.1) is 0 Å². The van der Waals surface area contributed by atoms with Crippen molar-refractivity contribution in [1.29, 1.82) is 5.26 Å². The van der Waals surface area contributed by atoms with E-state index in [0.717, 1.165) is 5.56 Å². The number of anilines is 1. The van der Waals surface area contributed by atoms with E-state index in [2.05, 4.69) is 5.32 Å². The summed E-state index contributed by atoms with van der Waals surface area (Å²) in [6.45, 7) is 2.32. The van der Waals surface area contributed by atoms with E-state index in [1.165, 1.54) is 36.4 Å². The van der Waals surface area contributed by atoms with Crippen LogP contribution in [0.2, 0.25) is 10.0 Å². The summed E-state index contributed by atoms with van der Waals surface area (Å²) in [7, 11) is 0. The molecule has 0 fully saturated rings. The average Bonchev–Trinajstić information content (AvgIpc) is 2.82. The SMILES string of the molecule is CCOc1cc(/C=C(\C#N)C(=O)Nc2cccc([N+](=O)[O-])c2)cc(Cl)c1OCc1cccc(Cl)c1. The van der Waals surface area contributed by atoms with E-state index in [9.17, 15) is 20.2 Å². The highest BCUT2D eigenvalue weighted by Crippen LogP contribution is 2.38. The first kappa shape index (κ1) is 25.6. The molecule has 10 heteroatoms. The number of nitrogens with one attached hydrogen (secondary N) is 1. The van der Waals surface area contributed by atoms with Gasteiger partial charge in [-0.1, -0.05) is 41.4 Å². The van der Waals surface area contributed by atoms with Gasteiger partial charge < -0.3 is 14.8 Å². The number of ether oxygens (including phenoxy) is 2. The zero-order valence-electron chi connectivity index (χ0n) is 18.5. The van der Waals surface area contributed by atoms with E-state index in [1.807, 2.05) is 18.2 Å². The largest absolute Gasteiger partial charge is 0.490 e. The lowest BCUT2D eigenvalue weighted by molar-refractivity contribution is -0.384. The van der Waals surface area contributed by atoms with Crippen LogP contribution in [0.3, 0.4) is 0 Å². The van der Waals surface area contributed by atoms with Crippen LogP contribution in [-0.4, -0.2) is 17.4 Å². The Hall–Kier alpha value is -4.06. The van der Waals surface area contributed by atoms with Crippen LogP contribution >= 0.6 is 23.2 Å². The molecular weight excluding hydrogens is 493 g/mol. The summed E-state index contributed by atoms with van der Waals surface area (Å²) >= 11 is 12.5. The zero-order chi connectivity index (χ0) is 25.4. The maximum Gasteiger partial charge on any atom is 0.271 e. The van der Waals surface area contributed by atoms with Crippen molar-refractivity contribution < 1.29 is 19.2 Å². The number of nitro benzene ring substituents is 1. The topological polar surface area (TPSA) is 114 Å². The van der Waals surface area contributed by atoms with E-state index < -0.39 is 10.8 Å². The first-order valence-electron chi connectivity index (χ1n) is 10.3. The normalized spacial score (nSPS) is 10.9. The Morgan fingerprint density at radius 2 is 1.91 bits per heavy atom. The van der Waals surface area contributed by atoms with Crippen LogP contribution in [0.4, 0.5) is 11.4 Å². The first-order chi connectivity index (χ1) is 16.8. The molecule has 1 N–H and O–H groups in total. The monoisotopic (exact) mass is 511 g/mol. The average molecular weight is 512 g/mol. The highest BCUT2D eigenvalue weighted by atomic mass is 35.5. The summed E-state index contributed by atoms with van der Waals surface area (Å²) in [5, 5.41) is 23.8. The molecule has 0 heterocycles. The number of nitro groups is 1. The van der Waals surface area contributed by atoms with Gasteiger partial charge in [0, 0.05) is 22.8 Å². The Bertz CT molecular complexity index is 1330. The Morgan fingerprint density at radius 1 is 1.14 bits per heavy atom. The van der Waals surface area contributed by atoms with Crippen molar-refractivity contribution in [2.45, 2.75) is 13.5 Å². The van der Waals surface area contributed by atoms with Gasteiger partial charge in [-0.3, -0.25) is 14.9 Å². The van der Waals surface area contributed by atoms with Crippen LogP contribution in [0, 0.1) is 21.4 Å². The van der Waals surface area contributed by atoms with Crippen molar-refractivity contribution in [3.8, 4) is 17.6 Å². The number of nitrogens with zero attached hydrogens (tertiary/aromatic N) is 2. The molecular formula is C25H19Cl2N3O5. The molecule has 3 aromatic carbocycles. The van der Waals surface area contributed by atoms with E-state index >= 15 is 0 Å². The van der Waals surface area contributed by atoms with Crippen LogP contribution < -0.4 is 14.8 Å². The van der Waals surface area contributed by atoms with Gasteiger partial charge in [-0.05, 0) is 54.5 Å². The van der Waals surface area contributed by atoms with Crippen LogP contribution in [0.15, 0.2) is 66.2 Å². The molecule has 0 saturated heterocycles. The molecule has 0 aliphatic carbocycles. The van der Waals surface area contributed by atoms with Gasteiger partial charge in [-0.2, -0.15) is 5.26 Å². The number of nitriles is 1. The first-order valence-corrected chi connectivity index (χ1v) is 11.1. The van der Waals surface area contributed by atoms with E-state index in [-0.39, 0.29) is 28.6 Å². The number of carbonyl (C=O) groups excluding carboxylic acids is 1. The molecule has 3 rings (SSSR count). The summed E-state index contributed by atoms with van der Waals surface area (Å²) in [6, 6.07) is 17.6. The van der Waals surface area contributed by atoms with Crippen LogP contribution in [0.5, 0.6) is 11.5 Å². The molecule has 1 amide bonds. The zero-order valence-corrected chi connectivity index (χ0v) is 20.0. The van der Waals surface area contributed by atoms with Crippen molar-refractivity contribution >= 4 is 46.6 Å². The second-order valence-electron chi connectivity index (χ2n) is 7.11. The lowest BCUT2D eigenvalue weighted by Gasteiger charge is -2.15. The maximum atomic E-state index is 12.6. The predicted molar refractivity (Wildman–Crippen MR) is 134 cm³/mol. The number of hydrogen-bond donors (Lipinski definition) is 1. The van der Waals surface area contributed by atoms with Crippen molar-refractivity contribution in [2.75, 3.05) is 11.9 Å². The van der Waals surface area contributed by atoms with Gasteiger partial charge in [0.2, 0.25) is 0 Å². The number of carbonyl (C=O) groups is 1. The number of rotatable bonds is 9. The molecule has 0 spiro atoms. The quantitative estimate of drug-likeness (QED) is 0.153. The molecule has 35 heavy (non-hydrogen) atoms. The fourth-order valence-corrected chi connectivity index (χ4v) is 3.55. The summed E-state index contributed by atoms with van der Waals surface area (Å²) in [5.41, 5.74) is 1.03. The minimum atomic E-state index is -0.733.